The normalized spacial score (nSPS) is 11.3. The van der Waals surface area contributed by atoms with Gasteiger partial charge in [-0.2, -0.15) is 0 Å². The first-order valence-corrected chi connectivity index (χ1v) is 6.53. The number of hydrogen-bond donors (Lipinski definition) is 0. The van der Waals surface area contributed by atoms with Gasteiger partial charge in [-0.1, -0.05) is 35.3 Å². The van der Waals surface area contributed by atoms with E-state index in [0.717, 1.165) is 6.07 Å². The molecule has 0 atom stereocenters. The van der Waals surface area contributed by atoms with Gasteiger partial charge in [-0.05, 0) is 24.3 Å². The fourth-order valence-electron chi connectivity index (χ4n) is 1.90. The highest BCUT2D eigenvalue weighted by molar-refractivity contribution is 6.74. The maximum absolute atomic E-state index is 12.9. The smallest absolute Gasteiger partial charge is 0.496 e. The predicted octanol–water partition coefficient (Wildman–Crippen LogP) is 3.98. The Morgan fingerprint density at radius 3 is 2.43 bits per heavy atom. The summed E-state index contributed by atoms with van der Waals surface area (Å²) < 4.78 is 49.2. The first-order chi connectivity index (χ1) is 9.91. The van der Waals surface area contributed by atoms with Crippen molar-refractivity contribution in [3.63, 3.8) is 0 Å². The molecule has 21 heavy (non-hydrogen) atoms. The number of ether oxygens (including phenoxy) is 2. The summed E-state index contributed by atoms with van der Waals surface area (Å²) in [5.74, 6) is 0.307. The Morgan fingerprint density at radius 1 is 1.05 bits per heavy atom. The van der Waals surface area contributed by atoms with Crippen LogP contribution >= 0.6 is 11.6 Å². The molecule has 0 aliphatic carbocycles. The zero-order valence-electron chi connectivity index (χ0n) is 11.2. The topological polar surface area (TPSA) is 18.5 Å². The second-order valence-electron chi connectivity index (χ2n) is 4.36. The number of halogens is 4. The summed E-state index contributed by atoms with van der Waals surface area (Å²) in [5, 5.41) is 0.461. The van der Waals surface area contributed by atoms with Gasteiger partial charge in [0.05, 0.1) is 12.9 Å². The van der Waals surface area contributed by atoms with Crippen LogP contribution in [0.2, 0.25) is 5.02 Å². The monoisotopic (exact) mass is 315 g/mol. The lowest BCUT2D eigenvalue weighted by Crippen LogP contribution is -2.35. The van der Waals surface area contributed by atoms with Crippen molar-refractivity contribution in [1.29, 1.82) is 0 Å². The van der Waals surface area contributed by atoms with Crippen LogP contribution in [0.3, 0.4) is 0 Å². The second-order valence-corrected chi connectivity index (χ2v) is 4.79. The van der Waals surface area contributed by atoms with Crippen LogP contribution in [0.25, 0.3) is 0 Å². The standard InChI is InChI=1S/C14H12BClF3O2/c1-20-13-7-6-11(16)8-10(13)9-21-14-5-3-2-4-12(14)15(17,18)19/h2-8H,9H2,1H3/q-1. The van der Waals surface area contributed by atoms with Crippen molar-refractivity contribution in [2.75, 3.05) is 7.11 Å². The van der Waals surface area contributed by atoms with Gasteiger partial charge in [0.15, 0.2) is 0 Å². The second kappa shape index (κ2) is 6.31. The van der Waals surface area contributed by atoms with Crippen molar-refractivity contribution in [1.82, 2.24) is 0 Å². The van der Waals surface area contributed by atoms with E-state index in [0.29, 0.717) is 16.3 Å². The van der Waals surface area contributed by atoms with E-state index < -0.39 is 12.4 Å². The Labute approximate surface area is 125 Å². The van der Waals surface area contributed by atoms with E-state index in [1.54, 1.807) is 18.2 Å². The molecular weight excluding hydrogens is 303 g/mol. The SMILES string of the molecule is COc1ccc(Cl)cc1COc1ccccc1[B-](F)(F)F. The molecule has 0 saturated heterocycles. The third kappa shape index (κ3) is 3.85. The van der Waals surface area contributed by atoms with Gasteiger partial charge in [0.1, 0.15) is 12.4 Å². The lowest BCUT2D eigenvalue weighted by Gasteiger charge is -2.20. The molecule has 0 unspecified atom stereocenters. The van der Waals surface area contributed by atoms with Crippen LogP contribution in [-0.4, -0.2) is 14.1 Å². The molecule has 0 bridgehead atoms. The summed E-state index contributed by atoms with van der Waals surface area (Å²) in [6, 6.07) is 10.00. The third-order valence-corrected chi connectivity index (χ3v) is 3.13. The van der Waals surface area contributed by atoms with Crippen molar-refractivity contribution in [3.8, 4) is 11.5 Å². The minimum absolute atomic E-state index is 0.0626. The summed E-state index contributed by atoms with van der Waals surface area (Å²) in [6.45, 7) is -5.19. The van der Waals surface area contributed by atoms with Gasteiger partial charge in [-0.25, -0.2) is 0 Å². The molecule has 2 rings (SSSR count). The number of rotatable bonds is 5. The zero-order chi connectivity index (χ0) is 15.5. The van der Waals surface area contributed by atoms with Crippen LogP contribution in [0.15, 0.2) is 42.5 Å². The van der Waals surface area contributed by atoms with E-state index in [1.165, 1.54) is 25.3 Å². The Kier molecular flexibility index (Phi) is 4.68. The predicted molar refractivity (Wildman–Crippen MR) is 77.5 cm³/mol. The number of para-hydroxylation sites is 1. The zero-order valence-corrected chi connectivity index (χ0v) is 11.9. The molecule has 0 spiro atoms. The van der Waals surface area contributed by atoms with Crippen molar-refractivity contribution in [2.24, 2.45) is 0 Å². The van der Waals surface area contributed by atoms with Gasteiger partial charge >= 0.3 is 6.98 Å². The average molecular weight is 316 g/mol. The molecular formula is C14H12BClF3O2-. The molecule has 0 aliphatic heterocycles. The molecule has 2 aromatic rings. The van der Waals surface area contributed by atoms with Gasteiger partial charge in [0.25, 0.3) is 0 Å². The number of methoxy groups -OCH3 is 1. The largest absolute Gasteiger partial charge is 0.513 e. The quantitative estimate of drug-likeness (QED) is 0.777. The van der Waals surface area contributed by atoms with Crippen LogP contribution in [0.4, 0.5) is 12.9 Å². The van der Waals surface area contributed by atoms with Crippen molar-refractivity contribution in [2.45, 2.75) is 6.61 Å². The van der Waals surface area contributed by atoms with Crippen LogP contribution < -0.4 is 14.9 Å². The maximum atomic E-state index is 12.9. The molecule has 0 fully saturated rings. The molecule has 0 amide bonds. The molecule has 0 N–H and O–H groups in total. The van der Waals surface area contributed by atoms with Gasteiger partial charge in [-0.3, -0.25) is 0 Å². The Hall–Kier alpha value is -1.82. The lowest BCUT2D eigenvalue weighted by molar-refractivity contribution is 0.297. The van der Waals surface area contributed by atoms with Crippen molar-refractivity contribution in [3.05, 3.63) is 53.1 Å². The van der Waals surface area contributed by atoms with Crippen LogP contribution in [0.1, 0.15) is 5.56 Å². The Morgan fingerprint density at radius 2 is 1.76 bits per heavy atom. The Balaban J connectivity index is 2.23. The van der Waals surface area contributed by atoms with Gasteiger partial charge in [-0.15, -0.1) is 0 Å². The van der Waals surface area contributed by atoms with E-state index in [1.807, 2.05) is 0 Å². The van der Waals surface area contributed by atoms with E-state index in [-0.39, 0.29) is 12.4 Å². The van der Waals surface area contributed by atoms with Crippen molar-refractivity contribution >= 4 is 24.0 Å². The first kappa shape index (κ1) is 15.6. The van der Waals surface area contributed by atoms with E-state index in [4.69, 9.17) is 21.1 Å². The Bertz CT molecular complexity index is 632. The highest BCUT2D eigenvalue weighted by atomic mass is 35.5. The third-order valence-electron chi connectivity index (χ3n) is 2.90. The fourth-order valence-corrected chi connectivity index (χ4v) is 2.09. The molecule has 112 valence electrons. The summed E-state index contributed by atoms with van der Waals surface area (Å²) in [4.78, 5) is 0. The summed E-state index contributed by atoms with van der Waals surface area (Å²) in [7, 11) is 1.47. The average Bonchev–Trinajstić information content (AvgIpc) is 2.44. The first-order valence-electron chi connectivity index (χ1n) is 6.16. The molecule has 2 nitrogen and oxygen atoms in total. The summed E-state index contributed by atoms with van der Waals surface area (Å²) >= 11 is 5.87. The number of hydrogen-bond acceptors (Lipinski definition) is 2. The lowest BCUT2D eigenvalue weighted by atomic mass is 9.79. The van der Waals surface area contributed by atoms with Crippen molar-refractivity contribution < 1.29 is 22.4 Å². The summed E-state index contributed by atoms with van der Waals surface area (Å²) in [6.07, 6.45) is 0. The van der Waals surface area contributed by atoms with Gasteiger partial charge < -0.3 is 22.4 Å². The number of benzene rings is 2. The molecule has 2 aromatic carbocycles. The van der Waals surface area contributed by atoms with E-state index in [2.05, 4.69) is 0 Å². The highest BCUT2D eigenvalue weighted by Gasteiger charge is 2.28. The summed E-state index contributed by atoms with van der Waals surface area (Å²) in [5.41, 5.74) is -0.173. The molecule has 0 aromatic heterocycles. The van der Waals surface area contributed by atoms with Gasteiger partial charge in [0, 0.05) is 10.6 Å². The molecule has 0 radical (unpaired) electrons. The van der Waals surface area contributed by atoms with Crippen LogP contribution in [-0.2, 0) is 6.61 Å². The van der Waals surface area contributed by atoms with E-state index >= 15 is 0 Å². The molecule has 0 saturated carbocycles. The fraction of sp³-hybridized carbons (Fsp3) is 0.143. The minimum atomic E-state index is -5.12. The molecule has 0 heterocycles. The van der Waals surface area contributed by atoms with Crippen LogP contribution in [0, 0.1) is 0 Å². The van der Waals surface area contributed by atoms with Gasteiger partial charge in [0.2, 0.25) is 0 Å². The molecule has 0 aliphatic rings. The maximum Gasteiger partial charge on any atom is 0.513 e. The highest BCUT2D eigenvalue weighted by Crippen LogP contribution is 2.25. The molecule has 7 heteroatoms. The minimum Gasteiger partial charge on any atom is -0.496 e. The van der Waals surface area contributed by atoms with Crippen LogP contribution in [0.5, 0.6) is 11.5 Å². The van der Waals surface area contributed by atoms with E-state index in [9.17, 15) is 12.9 Å².